The quantitative estimate of drug-likeness (QED) is 0.184. The van der Waals surface area contributed by atoms with Crippen molar-refractivity contribution in [2.75, 3.05) is 0 Å². The number of furan rings is 1. The predicted molar refractivity (Wildman–Crippen MR) is 202 cm³/mol. The molecule has 0 amide bonds. The molecule has 0 radical (unpaired) electrons. The highest BCUT2D eigenvalue weighted by atomic mass is 16.3. The van der Waals surface area contributed by atoms with Gasteiger partial charge in [-0.2, -0.15) is 4.98 Å². The van der Waals surface area contributed by atoms with Crippen LogP contribution < -0.4 is 0 Å². The third kappa shape index (κ3) is 5.48. The Hall–Kier alpha value is -6.58. The van der Waals surface area contributed by atoms with E-state index in [-0.39, 0.29) is 0 Å². The van der Waals surface area contributed by atoms with Crippen LogP contribution in [0.3, 0.4) is 0 Å². The molecule has 0 N–H and O–H groups in total. The van der Waals surface area contributed by atoms with Gasteiger partial charge in [0, 0.05) is 16.5 Å². The summed E-state index contributed by atoms with van der Waals surface area (Å²) >= 11 is 0. The van der Waals surface area contributed by atoms with Gasteiger partial charge in [-0.25, -0.2) is 4.98 Å². The lowest BCUT2D eigenvalue weighted by Crippen LogP contribution is -1.94. The molecule has 0 unspecified atom stereocenters. The van der Waals surface area contributed by atoms with Crippen LogP contribution >= 0.6 is 0 Å². The second-order valence-electron chi connectivity index (χ2n) is 12.2. The van der Waals surface area contributed by atoms with Crippen LogP contribution in [-0.4, -0.2) is 9.97 Å². The number of benzene rings is 7. The second kappa shape index (κ2) is 12.2. The minimum atomic E-state index is 0.581. The molecule has 9 aromatic rings. The van der Waals surface area contributed by atoms with Gasteiger partial charge in [0.05, 0.1) is 11.1 Å². The summed E-state index contributed by atoms with van der Waals surface area (Å²) in [5.74, 6) is 0.627. The fourth-order valence-electron chi connectivity index (χ4n) is 6.64. The van der Waals surface area contributed by atoms with Crippen molar-refractivity contribution in [3.8, 4) is 67.2 Å². The Bertz CT molecular complexity index is 2590. The molecule has 9 rings (SSSR count). The van der Waals surface area contributed by atoms with Crippen molar-refractivity contribution >= 4 is 22.1 Å². The number of aromatic nitrogens is 2. The van der Waals surface area contributed by atoms with Crippen molar-refractivity contribution in [3.63, 3.8) is 0 Å². The Morgan fingerprint density at radius 3 is 1.35 bits per heavy atom. The molecule has 0 saturated heterocycles. The normalized spacial score (nSPS) is 11.3. The molecule has 230 valence electrons. The van der Waals surface area contributed by atoms with Crippen LogP contribution in [0.5, 0.6) is 0 Å². The molecule has 7 aromatic carbocycles. The first kappa shape index (κ1) is 28.6. The number of hydrogen-bond donors (Lipinski definition) is 0. The lowest BCUT2D eigenvalue weighted by Gasteiger charge is -2.10. The van der Waals surface area contributed by atoms with Gasteiger partial charge in [0.1, 0.15) is 5.58 Å². The summed E-state index contributed by atoms with van der Waals surface area (Å²) in [5, 5.41) is 1.93. The molecule has 3 heteroatoms. The third-order valence-corrected chi connectivity index (χ3v) is 9.12. The summed E-state index contributed by atoms with van der Waals surface area (Å²) in [7, 11) is 0. The lowest BCUT2D eigenvalue weighted by atomic mass is 9.97. The first-order valence-corrected chi connectivity index (χ1v) is 16.5. The van der Waals surface area contributed by atoms with Crippen molar-refractivity contribution < 1.29 is 4.42 Å². The van der Waals surface area contributed by atoms with Gasteiger partial charge < -0.3 is 4.42 Å². The van der Waals surface area contributed by atoms with Crippen molar-refractivity contribution in [2.24, 2.45) is 0 Å². The van der Waals surface area contributed by atoms with Gasteiger partial charge >= 0.3 is 0 Å². The monoisotopic (exact) mass is 626 g/mol. The summed E-state index contributed by atoms with van der Waals surface area (Å²) in [6.45, 7) is 0. The number of fused-ring (bicyclic) bond motifs is 3. The smallest absolute Gasteiger partial charge is 0.231 e. The maximum absolute atomic E-state index is 6.35. The zero-order valence-corrected chi connectivity index (χ0v) is 26.6. The fraction of sp³-hybridized carbons (Fsp3) is 0. The number of hydrogen-bond acceptors (Lipinski definition) is 3. The summed E-state index contributed by atoms with van der Waals surface area (Å²) in [5.41, 5.74) is 13.5. The van der Waals surface area contributed by atoms with Gasteiger partial charge in [0.15, 0.2) is 5.82 Å². The Morgan fingerprint density at radius 1 is 0.327 bits per heavy atom. The van der Waals surface area contributed by atoms with E-state index in [9.17, 15) is 0 Å². The van der Waals surface area contributed by atoms with Crippen molar-refractivity contribution in [2.45, 2.75) is 0 Å². The molecule has 0 aliphatic heterocycles. The van der Waals surface area contributed by atoms with Crippen LogP contribution in [0, 0.1) is 0 Å². The summed E-state index contributed by atoms with van der Waals surface area (Å²) in [4.78, 5) is 10.2. The molecule has 0 atom stereocenters. The van der Waals surface area contributed by atoms with E-state index in [0.29, 0.717) is 11.5 Å². The minimum absolute atomic E-state index is 0.581. The van der Waals surface area contributed by atoms with E-state index in [2.05, 4.69) is 152 Å². The lowest BCUT2D eigenvalue weighted by molar-refractivity contribution is 0.653. The largest absolute Gasteiger partial charge is 0.438 e. The summed E-state index contributed by atoms with van der Waals surface area (Å²) in [6.07, 6.45) is 0. The molecule has 0 aliphatic rings. The summed E-state index contributed by atoms with van der Waals surface area (Å²) < 4.78 is 6.35. The van der Waals surface area contributed by atoms with E-state index in [4.69, 9.17) is 14.4 Å². The predicted octanol–water partition coefficient (Wildman–Crippen LogP) is 12.4. The maximum Gasteiger partial charge on any atom is 0.231 e. The highest BCUT2D eigenvalue weighted by Gasteiger charge is 2.18. The minimum Gasteiger partial charge on any atom is -0.438 e. The average molecular weight is 627 g/mol. The van der Waals surface area contributed by atoms with E-state index >= 15 is 0 Å². The van der Waals surface area contributed by atoms with Crippen molar-refractivity contribution in [3.05, 3.63) is 182 Å². The van der Waals surface area contributed by atoms with Gasteiger partial charge in [0.2, 0.25) is 5.71 Å². The fourth-order valence-corrected chi connectivity index (χ4v) is 6.64. The van der Waals surface area contributed by atoms with E-state index in [1.807, 2.05) is 30.3 Å². The molecule has 49 heavy (non-hydrogen) atoms. The zero-order valence-electron chi connectivity index (χ0n) is 26.6. The van der Waals surface area contributed by atoms with Crippen LogP contribution in [-0.2, 0) is 0 Å². The number of para-hydroxylation sites is 1. The van der Waals surface area contributed by atoms with Gasteiger partial charge in [-0.15, -0.1) is 0 Å². The molecule has 0 fully saturated rings. The molecule has 0 bridgehead atoms. The highest BCUT2D eigenvalue weighted by Crippen LogP contribution is 2.38. The molecule has 2 aromatic heterocycles. The SMILES string of the molecule is c1ccc(-c2cccc(-c3ccc(-c4nc(-c5cccc(-c6cccc(-c7ccccc7)c6)c5)nc5oc6ccccc6c45)cc3)c2)cc1. The molecule has 0 spiro atoms. The third-order valence-electron chi connectivity index (χ3n) is 9.12. The molecular formula is C46H30N2O. The van der Waals surface area contributed by atoms with Crippen molar-refractivity contribution in [1.29, 1.82) is 0 Å². The van der Waals surface area contributed by atoms with Gasteiger partial charge in [-0.05, 0) is 68.8 Å². The standard InChI is InChI=1S/C46H30N2O/c1-3-12-31(13-4-1)35-16-9-18-37(28-35)33-24-26-34(27-25-33)44-43-41-22-7-8-23-42(41)49-46(43)48-45(47-44)40-21-11-20-39(30-40)38-19-10-17-36(29-38)32-14-5-2-6-15-32/h1-30H. The van der Waals surface area contributed by atoms with Crippen LogP contribution in [0.1, 0.15) is 0 Å². The van der Waals surface area contributed by atoms with Gasteiger partial charge in [-0.3, -0.25) is 0 Å². The van der Waals surface area contributed by atoms with Crippen LogP contribution in [0.15, 0.2) is 186 Å². The molecule has 0 aliphatic carbocycles. The van der Waals surface area contributed by atoms with Crippen molar-refractivity contribution in [1.82, 2.24) is 9.97 Å². The summed E-state index contributed by atoms with van der Waals surface area (Å²) in [6, 6.07) is 63.5. The van der Waals surface area contributed by atoms with E-state index < -0.39 is 0 Å². The highest BCUT2D eigenvalue weighted by molar-refractivity contribution is 6.10. The Labute approximate surface area is 284 Å². The zero-order chi connectivity index (χ0) is 32.6. The Balaban J connectivity index is 1.13. The number of rotatable bonds is 6. The molecular weight excluding hydrogens is 597 g/mol. The van der Waals surface area contributed by atoms with Gasteiger partial charge in [-0.1, -0.05) is 158 Å². The molecule has 0 saturated carbocycles. The van der Waals surface area contributed by atoms with Crippen LogP contribution in [0.4, 0.5) is 0 Å². The first-order valence-electron chi connectivity index (χ1n) is 16.5. The first-order chi connectivity index (χ1) is 24.3. The van der Waals surface area contributed by atoms with Crippen LogP contribution in [0.2, 0.25) is 0 Å². The van der Waals surface area contributed by atoms with E-state index in [0.717, 1.165) is 49.9 Å². The average Bonchev–Trinajstić information content (AvgIpc) is 3.57. The molecule has 2 heterocycles. The van der Waals surface area contributed by atoms with E-state index in [1.165, 1.54) is 27.8 Å². The van der Waals surface area contributed by atoms with Gasteiger partial charge in [0.25, 0.3) is 0 Å². The van der Waals surface area contributed by atoms with E-state index in [1.54, 1.807) is 0 Å². The number of nitrogens with zero attached hydrogens (tertiary/aromatic N) is 2. The second-order valence-corrected chi connectivity index (χ2v) is 12.2. The topological polar surface area (TPSA) is 38.9 Å². The Morgan fingerprint density at radius 2 is 0.755 bits per heavy atom. The Kier molecular flexibility index (Phi) is 7.14. The molecule has 3 nitrogen and oxygen atoms in total. The van der Waals surface area contributed by atoms with Crippen LogP contribution in [0.25, 0.3) is 89.2 Å². The maximum atomic E-state index is 6.35.